The standard InChI is InChI=1S/C27H25FN2O4/c28-20-9-6-18-8-11-26(32)30(23(18)15-20)13-12-29-25(31)16-24-21-10-7-19(14-22(21)27(33)34-24)17-4-2-1-3-5-17/h4,6-11,14-15,24H,1-3,5,12-13,16H2,(H,29,31). The zero-order valence-corrected chi connectivity index (χ0v) is 18.7. The summed E-state index contributed by atoms with van der Waals surface area (Å²) in [6.45, 7) is 0.389. The molecule has 1 amide bonds. The molecule has 174 valence electrons. The predicted octanol–water partition coefficient (Wildman–Crippen LogP) is 4.52. The third-order valence-corrected chi connectivity index (χ3v) is 6.51. The van der Waals surface area contributed by atoms with Crippen LogP contribution >= 0.6 is 0 Å². The molecule has 7 heteroatoms. The molecule has 1 aliphatic carbocycles. The molecule has 1 unspecified atom stereocenters. The van der Waals surface area contributed by atoms with Crippen LogP contribution in [0.4, 0.5) is 4.39 Å². The molecule has 1 aliphatic heterocycles. The number of amides is 1. The van der Waals surface area contributed by atoms with Crippen molar-refractivity contribution in [1.82, 2.24) is 9.88 Å². The number of nitrogens with zero attached hydrogens (tertiary/aromatic N) is 1. The van der Waals surface area contributed by atoms with Gasteiger partial charge in [-0.3, -0.25) is 9.59 Å². The molecule has 0 saturated heterocycles. The summed E-state index contributed by atoms with van der Waals surface area (Å²) < 4.78 is 20.6. The van der Waals surface area contributed by atoms with Crippen LogP contribution in [0.5, 0.6) is 0 Å². The van der Waals surface area contributed by atoms with E-state index in [-0.39, 0.29) is 31.0 Å². The first-order chi connectivity index (χ1) is 16.5. The number of halogens is 1. The van der Waals surface area contributed by atoms with Crippen molar-refractivity contribution in [2.75, 3.05) is 6.54 Å². The lowest BCUT2D eigenvalue weighted by atomic mass is 9.91. The van der Waals surface area contributed by atoms with Gasteiger partial charge in [-0.25, -0.2) is 9.18 Å². The molecule has 6 nitrogen and oxygen atoms in total. The largest absolute Gasteiger partial charge is 0.453 e. The summed E-state index contributed by atoms with van der Waals surface area (Å²) in [5.74, 6) is -1.12. The lowest BCUT2D eigenvalue weighted by molar-refractivity contribution is -0.123. The number of carbonyl (C=O) groups is 2. The van der Waals surface area contributed by atoms with Crippen LogP contribution in [0.25, 0.3) is 16.5 Å². The molecule has 1 aromatic heterocycles. The normalized spacial score (nSPS) is 17.3. The first kappa shape index (κ1) is 22.1. The Morgan fingerprint density at radius 3 is 2.76 bits per heavy atom. The first-order valence-electron chi connectivity index (χ1n) is 11.6. The molecule has 0 bridgehead atoms. The second-order valence-corrected chi connectivity index (χ2v) is 8.75. The van der Waals surface area contributed by atoms with Crippen LogP contribution in [0.2, 0.25) is 0 Å². The molecule has 2 heterocycles. The van der Waals surface area contributed by atoms with Gasteiger partial charge in [0.15, 0.2) is 0 Å². The highest BCUT2D eigenvalue weighted by atomic mass is 19.1. The van der Waals surface area contributed by atoms with Crippen LogP contribution in [-0.2, 0) is 16.1 Å². The molecular formula is C27H25FN2O4. The minimum absolute atomic E-state index is 0.000151. The first-order valence-corrected chi connectivity index (χ1v) is 11.6. The monoisotopic (exact) mass is 460 g/mol. The van der Waals surface area contributed by atoms with Crippen molar-refractivity contribution in [2.24, 2.45) is 0 Å². The zero-order chi connectivity index (χ0) is 23.7. The average molecular weight is 461 g/mol. The van der Waals surface area contributed by atoms with Crippen LogP contribution < -0.4 is 10.9 Å². The van der Waals surface area contributed by atoms with Crippen LogP contribution in [0.3, 0.4) is 0 Å². The van der Waals surface area contributed by atoms with Gasteiger partial charge in [0.25, 0.3) is 5.56 Å². The Balaban J connectivity index is 1.24. The van der Waals surface area contributed by atoms with Crippen LogP contribution in [-0.4, -0.2) is 23.0 Å². The maximum absolute atomic E-state index is 13.7. The highest BCUT2D eigenvalue weighted by molar-refractivity contribution is 5.96. The van der Waals surface area contributed by atoms with Crippen molar-refractivity contribution in [1.29, 1.82) is 0 Å². The van der Waals surface area contributed by atoms with Crippen molar-refractivity contribution < 1.29 is 18.7 Å². The third kappa shape index (κ3) is 4.38. The van der Waals surface area contributed by atoms with Crippen molar-refractivity contribution in [3.05, 3.63) is 87.5 Å². The summed E-state index contributed by atoms with van der Waals surface area (Å²) in [6, 6.07) is 13.1. The Hall–Kier alpha value is -3.74. The van der Waals surface area contributed by atoms with Gasteiger partial charge in [0, 0.05) is 24.7 Å². The van der Waals surface area contributed by atoms with Crippen LogP contribution in [0, 0.1) is 5.82 Å². The summed E-state index contributed by atoms with van der Waals surface area (Å²) in [7, 11) is 0. The number of hydrogen-bond donors (Lipinski definition) is 1. The summed E-state index contributed by atoms with van der Waals surface area (Å²) >= 11 is 0. The van der Waals surface area contributed by atoms with Crippen molar-refractivity contribution >= 4 is 28.4 Å². The molecule has 3 aromatic rings. The maximum atomic E-state index is 13.7. The fourth-order valence-corrected chi connectivity index (χ4v) is 4.76. The van der Waals surface area contributed by atoms with Gasteiger partial charge in [-0.15, -0.1) is 0 Å². The topological polar surface area (TPSA) is 77.4 Å². The fraction of sp³-hybridized carbons (Fsp3) is 0.296. The number of fused-ring (bicyclic) bond motifs is 2. The highest BCUT2D eigenvalue weighted by Crippen LogP contribution is 2.36. The van der Waals surface area contributed by atoms with Gasteiger partial charge in [-0.2, -0.15) is 0 Å². The summed E-state index contributed by atoms with van der Waals surface area (Å²) in [5.41, 5.74) is 3.75. The number of carbonyl (C=O) groups excluding carboxylic acids is 2. The van der Waals surface area contributed by atoms with E-state index in [2.05, 4.69) is 11.4 Å². The number of allylic oxidation sites excluding steroid dienone is 2. The lowest BCUT2D eigenvalue weighted by Gasteiger charge is -2.14. The molecule has 1 atom stereocenters. The van der Waals surface area contributed by atoms with Gasteiger partial charge in [0.1, 0.15) is 11.9 Å². The minimum Gasteiger partial charge on any atom is -0.453 e. The number of pyridine rings is 1. The van der Waals surface area contributed by atoms with E-state index in [0.29, 0.717) is 11.1 Å². The summed E-state index contributed by atoms with van der Waals surface area (Å²) in [4.78, 5) is 37.3. The smallest absolute Gasteiger partial charge is 0.339 e. The zero-order valence-electron chi connectivity index (χ0n) is 18.7. The number of rotatable bonds is 6. The Morgan fingerprint density at radius 2 is 1.94 bits per heavy atom. The Bertz CT molecular complexity index is 1370. The highest BCUT2D eigenvalue weighted by Gasteiger charge is 2.33. The number of ether oxygens (including phenoxy) is 1. The molecule has 0 fully saturated rings. The molecule has 0 saturated carbocycles. The van der Waals surface area contributed by atoms with Gasteiger partial charge >= 0.3 is 5.97 Å². The molecule has 2 aliphatic rings. The molecular weight excluding hydrogens is 435 g/mol. The number of benzene rings is 2. The molecule has 0 radical (unpaired) electrons. The van der Waals surface area contributed by atoms with Gasteiger partial charge < -0.3 is 14.6 Å². The molecule has 1 N–H and O–H groups in total. The van der Waals surface area contributed by atoms with E-state index in [0.717, 1.165) is 35.8 Å². The molecule has 34 heavy (non-hydrogen) atoms. The Kier molecular flexibility index (Phi) is 6.01. The maximum Gasteiger partial charge on any atom is 0.339 e. The van der Waals surface area contributed by atoms with Gasteiger partial charge in [0.2, 0.25) is 5.91 Å². The second-order valence-electron chi connectivity index (χ2n) is 8.75. The van der Waals surface area contributed by atoms with E-state index in [9.17, 15) is 18.8 Å². The Morgan fingerprint density at radius 1 is 1.09 bits per heavy atom. The summed E-state index contributed by atoms with van der Waals surface area (Å²) in [5, 5.41) is 3.52. The second kappa shape index (κ2) is 9.25. The van der Waals surface area contributed by atoms with Gasteiger partial charge in [-0.05, 0) is 72.5 Å². The number of cyclic esters (lactones) is 1. The van der Waals surface area contributed by atoms with E-state index in [1.54, 1.807) is 12.1 Å². The number of hydrogen-bond acceptors (Lipinski definition) is 4. The SMILES string of the molecule is O=C(CC1OC(=O)c2cc(C3=CCCCC3)ccc21)NCCn1c(=O)ccc2ccc(F)cc21. The summed E-state index contributed by atoms with van der Waals surface area (Å²) in [6.07, 6.45) is 6.00. The number of nitrogens with one attached hydrogen (secondary N) is 1. The van der Waals surface area contributed by atoms with E-state index in [1.165, 1.54) is 34.8 Å². The quantitative estimate of drug-likeness (QED) is 0.549. The third-order valence-electron chi connectivity index (χ3n) is 6.51. The van der Waals surface area contributed by atoms with Crippen molar-refractivity contribution in [3.63, 3.8) is 0 Å². The molecule has 2 aromatic carbocycles. The number of esters is 1. The minimum atomic E-state index is -0.633. The Labute approximate surface area is 196 Å². The van der Waals surface area contributed by atoms with Crippen molar-refractivity contribution in [2.45, 2.75) is 44.8 Å². The van der Waals surface area contributed by atoms with E-state index >= 15 is 0 Å². The van der Waals surface area contributed by atoms with E-state index in [1.807, 2.05) is 18.2 Å². The van der Waals surface area contributed by atoms with Gasteiger partial charge in [-0.1, -0.05) is 18.2 Å². The van der Waals surface area contributed by atoms with Crippen molar-refractivity contribution in [3.8, 4) is 0 Å². The molecule has 0 spiro atoms. The van der Waals surface area contributed by atoms with E-state index in [4.69, 9.17) is 4.74 Å². The predicted molar refractivity (Wildman–Crippen MR) is 127 cm³/mol. The number of aromatic nitrogens is 1. The van der Waals surface area contributed by atoms with Gasteiger partial charge in [0.05, 0.1) is 17.5 Å². The fourth-order valence-electron chi connectivity index (χ4n) is 4.76. The van der Waals surface area contributed by atoms with Crippen LogP contribution in [0.1, 0.15) is 59.7 Å². The van der Waals surface area contributed by atoms with Crippen LogP contribution in [0.15, 0.2) is 59.4 Å². The molecule has 5 rings (SSSR count). The average Bonchev–Trinajstić information content (AvgIpc) is 3.15. The van der Waals surface area contributed by atoms with E-state index < -0.39 is 17.9 Å². The lowest BCUT2D eigenvalue weighted by Crippen LogP contribution is -2.31.